The summed E-state index contributed by atoms with van der Waals surface area (Å²) in [7, 11) is 3.08. The number of amides is 1. The van der Waals surface area contributed by atoms with Crippen LogP contribution in [0.1, 0.15) is 16.2 Å². The number of benzene rings is 2. The highest BCUT2D eigenvalue weighted by Gasteiger charge is 2.24. The normalized spacial score (nSPS) is 14.2. The summed E-state index contributed by atoms with van der Waals surface area (Å²) in [5, 5.41) is 14.9. The van der Waals surface area contributed by atoms with Gasteiger partial charge in [0.25, 0.3) is 11.6 Å². The quantitative estimate of drug-likeness (QED) is 0.392. The summed E-state index contributed by atoms with van der Waals surface area (Å²) in [5.41, 5.74) is 1.03. The Morgan fingerprint density at radius 2 is 1.85 bits per heavy atom. The smallest absolute Gasteiger partial charge is 0.270 e. The number of non-ortho nitro benzene ring substituents is 1. The zero-order valence-electron chi connectivity index (χ0n) is 18.3. The number of methoxy groups -OCH3 is 2. The van der Waals surface area contributed by atoms with E-state index >= 15 is 0 Å². The molecule has 0 atom stereocenters. The first kappa shape index (κ1) is 22.2. The molecule has 1 saturated heterocycles. The van der Waals surface area contributed by atoms with Crippen LogP contribution in [-0.4, -0.2) is 71.2 Å². The zero-order valence-corrected chi connectivity index (χ0v) is 18.3. The molecule has 33 heavy (non-hydrogen) atoms. The van der Waals surface area contributed by atoms with Crippen molar-refractivity contribution < 1.29 is 23.7 Å². The molecule has 0 radical (unpaired) electrons. The maximum absolute atomic E-state index is 12.9. The average Bonchev–Trinajstić information content (AvgIpc) is 3.32. The van der Waals surface area contributed by atoms with Crippen LogP contribution in [-0.2, 0) is 6.54 Å². The van der Waals surface area contributed by atoms with E-state index in [2.05, 4.69) is 15.0 Å². The Bertz CT molecular complexity index is 1160. The Kier molecular flexibility index (Phi) is 6.50. The van der Waals surface area contributed by atoms with Gasteiger partial charge in [0.2, 0.25) is 11.7 Å². The fourth-order valence-electron chi connectivity index (χ4n) is 3.65. The van der Waals surface area contributed by atoms with Gasteiger partial charge in [-0.05, 0) is 18.2 Å². The number of carbonyl (C=O) groups excluding carboxylic acids is 1. The largest absolute Gasteiger partial charge is 0.493 e. The first-order valence-electron chi connectivity index (χ1n) is 10.3. The van der Waals surface area contributed by atoms with Crippen LogP contribution in [0, 0.1) is 10.1 Å². The Labute approximate surface area is 189 Å². The first-order chi connectivity index (χ1) is 16.0. The van der Waals surface area contributed by atoms with Gasteiger partial charge >= 0.3 is 0 Å². The third-order valence-corrected chi connectivity index (χ3v) is 5.43. The maximum atomic E-state index is 12.9. The van der Waals surface area contributed by atoms with Gasteiger partial charge < -0.3 is 18.9 Å². The molecule has 1 aliphatic heterocycles. The molecule has 0 aliphatic carbocycles. The number of aromatic nitrogens is 2. The van der Waals surface area contributed by atoms with Crippen molar-refractivity contribution in [3.8, 4) is 22.9 Å². The fraction of sp³-hybridized carbons (Fsp3) is 0.318. The van der Waals surface area contributed by atoms with Crippen LogP contribution in [0.15, 0.2) is 47.0 Å². The molecule has 1 fully saturated rings. The van der Waals surface area contributed by atoms with Crippen molar-refractivity contribution in [3.05, 3.63) is 64.0 Å². The van der Waals surface area contributed by atoms with E-state index in [-0.39, 0.29) is 11.6 Å². The third kappa shape index (κ3) is 4.93. The van der Waals surface area contributed by atoms with Gasteiger partial charge in [0.1, 0.15) is 0 Å². The minimum atomic E-state index is -0.465. The highest BCUT2D eigenvalue weighted by molar-refractivity contribution is 5.95. The SMILES string of the molecule is COc1ccc(C(=O)N2CCN(Cc3nc(-c4cccc([N+](=O)[O-])c4)no3)CC2)cc1OC. The molecule has 3 aromatic rings. The van der Waals surface area contributed by atoms with E-state index in [1.807, 2.05) is 0 Å². The molecule has 11 heteroatoms. The van der Waals surface area contributed by atoms with Gasteiger partial charge in [0.15, 0.2) is 11.5 Å². The lowest BCUT2D eigenvalue weighted by Gasteiger charge is -2.34. The molecule has 2 aromatic carbocycles. The van der Waals surface area contributed by atoms with E-state index in [1.165, 1.54) is 19.2 Å². The topological polar surface area (TPSA) is 124 Å². The van der Waals surface area contributed by atoms with Gasteiger partial charge in [-0.1, -0.05) is 17.3 Å². The molecule has 172 valence electrons. The number of hydrogen-bond acceptors (Lipinski definition) is 9. The number of hydrogen-bond donors (Lipinski definition) is 0. The highest BCUT2D eigenvalue weighted by Crippen LogP contribution is 2.28. The molecule has 0 unspecified atom stereocenters. The van der Waals surface area contributed by atoms with Crippen molar-refractivity contribution in [2.24, 2.45) is 0 Å². The predicted octanol–water partition coefficient (Wildman–Crippen LogP) is 2.62. The summed E-state index contributed by atoms with van der Waals surface area (Å²) in [4.78, 5) is 31.7. The van der Waals surface area contributed by atoms with Crippen molar-refractivity contribution in [3.63, 3.8) is 0 Å². The summed E-state index contributed by atoms with van der Waals surface area (Å²) in [6.07, 6.45) is 0. The zero-order chi connectivity index (χ0) is 23.4. The number of carbonyl (C=O) groups is 1. The molecule has 4 rings (SSSR count). The summed E-state index contributed by atoms with van der Waals surface area (Å²) >= 11 is 0. The van der Waals surface area contributed by atoms with E-state index in [9.17, 15) is 14.9 Å². The van der Waals surface area contributed by atoms with Gasteiger partial charge in [-0.2, -0.15) is 4.98 Å². The molecule has 1 aliphatic rings. The average molecular weight is 453 g/mol. The van der Waals surface area contributed by atoms with Gasteiger partial charge in [-0.25, -0.2) is 0 Å². The summed E-state index contributed by atoms with van der Waals surface area (Å²) < 4.78 is 15.9. The number of nitro groups is 1. The summed E-state index contributed by atoms with van der Waals surface area (Å²) in [6, 6.07) is 11.2. The molecular formula is C22H23N5O6. The number of nitrogens with zero attached hydrogens (tertiary/aromatic N) is 5. The van der Waals surface area contributed by atoms with Crippen LogP contribution in [0.5, 0.6) is 11.5 Å². The Hall–Kier alpha value is -3.99. The van der Waals surface area contributed by atoms with Crippen molar-refractivity contribution in [2.45, 2.75) is 6.54 Å². The number of rotatable bonds is 7. The fourth-order valence-corrected chi connectivity index (χ4v) is 3.65. The van der Waals surface area contributed by atoms with Gasteiger partial charge in [-0.15, -0.1) is 0 Å². The predicted molar refractivity (Wildman–Crippen MR) is 117 cm³/mol. The maximum Gasteiger partial charge on any atom is 0.270 e. The molecule has 0 saturated carbocycles. The number of nitro benzene ring substituents is 1. The second kappa shape index (κ2) is 9.65. The van der Waals surface area contributed by atoms with E-state index in [0.29, 0.717) is 67.1 Å². The lowest BCUT2D eigenvalue weighted by atomic mass is 10.1. The Balaban J connectivity index is 1.35. The van der Waals surface area contributed by atoms with Crippen molar-refractivity contribution in [1.82, 2.24) is 19.9 Å². The number of ether oxygens (including phenoxy) is 2. The van der Waals surface area contributed by atoms with Crippen molar-refractivity contribution >= 4 is 11.6 Å². The molecule has 0 spiro atoms. The first-order valence-corrected chi connectivity index (χ1v) is 10.3. The second-order valence-electron chi connectivity index (χ2n) is 7.46. The monoisotopic (exact) mass is 453 g/mol. The number of piperazine rings is 1. The van der Waals surface area contributed by atoms with Gasteiger partial charge in [0, 0.05) is 49.4 Å². The molecular weight excluding hydrogens is 430 g/mol. The van der Waals surface area contributed by atoms with Crippen LogP contribution in [0.3, 0.4) is 0 Å². The molecule has 11 nitrogen and oxygen atoms in total. The lowest BCUT2D eigenvalue weighted by Crippen LogP contribution is -2.48. The van der Waals surface area contributed by atoms with Crippen molar-refractivity contribution in [2.75, 3.05) is 40.4 Å². The van der Waals surface area contributed by atoms with E-state index in [0.717, 1.165) is 0 Å². The van der Waals surface area contributed by atoms with Gasteiger partial charge in [0.05, 0.1) is 25.7 Å². The van der Waals surface area contributed by atoms with Gasteiger partial charge in [-0.3, -0.25) is 19.8 Å². The van der Waals surface area contributed by atoms with Crippen molar-refractivity contribution in [1.29, 1.82) is 0 Å². The van der Waals surface area contributed by atoms with Crippen LogP contribution in [0.2, 0.25) is 0 Å². The molecule has 0 bridgehead atoms. The molecule has 1 aromatic heterocycles. The lowest BCUT2D eigenvalue weighted by molar-refractivity contribution is -0.384. The van der Waals surface area contributed by atoms with E-state index < -0.39 is 4.92 Å². The third-order valence-electron chi connectivity index (χ3n) is 5.43. The minimum absolute atomic E-state index is 0.0332. The van der Waals surface area contributed by atoms with Crippen LogP contribution in [0.25, 0.3) is 11.4 Å². The molecule has 2 heterocycles. The van der Waals surface area contributed by atoms with Crippen LogP contribution < -0.4 is 9.47 Å². The Morgan fingerprint density at radius 3 is 2.55 bits per heavy atom. The standard InChI is InChI=1S/C22H23N5O6/c1-31-18-7-6-16(13-19(18)32-2)22(28)26-10-8-25(9-11-26)14-20-23-21(24-33-20)15-4-3-5-17(12-15)27(29)30/h3-7,12-13H,8-11,14H2,1-2H3. The van der Waals surface area contributed by atoms with Crippen LogP contribution >= 0.6 is 0 Å². The Morgan fingerprint density at radius 1 is 1.09 bits per heavy atom. The van der Waals surface area contributed by atoms with Crippen LogP contribution in [0.4, 0.5) is 5.69 Å². The highest BCUT2D eigenvalue weighted by atomic mass is 16.6. The second-order valence-corrected chi connectivity index (χ2v) is 7.46. The summed E-state index contributed by atoms with van der Waals surface area (Å²) in [6.45, 7) is 2.83. The van der Waals surface area contributed by atoms with E-state index in [4.69, 9.17) is 14.0 Å². The molecule has 0 N–H and O–H groups in total. The summed E-state index contributed by atoms with van der Waals surface area (Å²) in [5.74, 6) is 1.73. The minimum Gasteiger partial charge on any atom is -0.493 e. The van der Waals surface area contributed by atoms with E-state index in [1.54, 1.807) is 42.3 Å². The molecule has 1 amide bonds.